The van der Waals surface area contributed by atoms with Crippen molar-refractivity contribution in [3.63, 3.8) is 0 Å². The maximum absolute atomic E-state index is 11.9. The van der Waals surface area contributed by atoms with Gasteiger partial charge < -0.3 is 4.57 Å². The average molecular weight is 257 g/mol. The topological polar surface area (TPSA) is 39.8 Å². The molecule has 4 heteroatoms. The zero-order chi connectivity index (χ0) is 13.6. The van der Waals surface area contributed by atoms with Crippen molar-refractivity contribution in [2.24, 2.45) is 7.05 Å². The monoisotopic (exact) mass is 257 g/mol. The Balaban J connectivity index is 2.02. The molecule has 0 atom stereocenters. The van der Waals surface area contributed by atoms with Crippen molar-refractivity contribution in [1.82, 2.24) is 14.3 Å². The number of nitrogens with zero attached hydrogens (tertiary/aromatic N) is 3. The van der Waals surface area contributed by atoms with Crippen LogP contribution in [0.5, 0.6) is 0 Å². The minimum Gasteiger partial charge on any atom is -0.344 e. The molecule has 0 saturated heterocycles. The molecule has 1 aliphatic carbocycles. The van der Waals surface area contributed by atoms with E-state index >= 15 is 0 Å². The highest BCUT2D eigenvalue weighted by molar-refractivity contribution is 5.98. The molecule has 2 aromatic rings. The van der Waals surface area contributed by atoms with E-state index in [2.05, 4.69) is 22.8 Å². The van der Waals surface area contributed by atoms with Crippen LogP contribution >= 0.6 is 0 Å². The molecular weight excluding hydrogens is 238 g/mol. The van der Waals surface area contributed by atoms with Crippen molar-refractivity contribution >= 4 is 5.78 Å². The summed E-state index contributed by atoms with van der Waals surface area (Å²) in [5.74, 6) is 0.297. The highest BCUT2D eigenvalue weighted by atomic mass is 16.1. The minimum atomic E-state index is 0.297. The standard InChI is InChI=1S/C15H19N3O/c1-10-7-13-14(5-4-6-15(13)19)18(10)9-12-8-17(3)16-11(12)2/h7-8H,4-6,9H2,1-3H3. The van der Waals surface area contributed by atoms with E-state index in [1.165, 1.54) is 17.0 Å². The van der Waals surface area contributed by atoms with E-state index < -0.39 is 0 Å². The van der Waals surface area contributed by atoms with E-state index in [1.807, 2.05) is 24.7 Å². The lowest BCUT2D eigenvalue weighted by Crippen LogP contribution is -2.14. The van der Waals surface area contributed by atoms with Gasteiger partial charge in [0.25, 0.3) is 0 Å². The van der Waals surface area contributed by atoms with E-state index in [9.17, 15) is 4.79 Å². The first kappa shape index (κ1) is 12.2. The molecule has 0 aromatic carbocycles. The van der Waals surface area contributed by atoms with E-state index in [4.69, 9.17) is 0 Å². The van der Waals surface area contributed by atoms with Crippen LogP contribution in [0.4, 0.5) is 0 Å². The van der Waals surface area contributed by atoms with Crippen LogP contribution in [0.3, 0.4) is 0 Å². The molecule has 0 N–H and O–H groups in total. The summed E-state index contributed by atoms with van der Waals surface area (Å²) in [7, 11) is 1.94. The maximum atomic E-state index is 11.9. The SMILES string of the molecule is Cc1nn(C)cc1Cn1c(C)cc2c1CCCC2=O. The number of aryl methyl sites for hydroxylation is 3. The third-order valence-electron chi connectivity index (χ3n) is 3.98. The van der Waals surface area contributed by atoms with E-state index in [1.54, 1.807) is 0 Å². The predicted octanol–water partition coefficient (Wildman–Crippen LogP) is 2.41. The number of carbonyl (C=O) groups excluding carboxylic acids is 1. The molecule has 1 aliphatic rings. The Bertz CT molecular complexity index is 649. The van der Waals surface area contributed by atoms with Gasteiger partial charge in [0, 0.05) is 42.2 Å². The van der Waals surface area contributed by atoms with Gasteiger partial charge in [-0.3, -0.25) is 9.48 Å². The first-order chi connectivity index (χ1) is 9.06. The van der Waals surface area contributed by atoms with Crippen molar-refractivity contribution in [3.8, 4) is 0 Å². The summed E-state index contributed by atoms with van der Waals surface area (Å²) < 4.78 is 4.12. The van der Waals surface area contributed by atoms with Crippen LogP contribution in [0.15, 0.2) is 12.3 Å². The smallest absolute Gasteiger partial charge is 0.164 e. The van der Waals surface area contributed by atoms with Crippen molar-refractivity contribution in [3.05, 3.63) is 40.5 Å². The van der Waals surface area contributed by atoms with Crippen LogP contribution < -0.4 is 0 Å². The Morgan fingerprint density at radius 3 is 2.79 bits per heavy atom. The largest absolute Gasteiger partial charge is 0.344 e. The van der Waals surface area contributed by atoms with Crippen molar-refractivity contribution < 1.29 is 4.79 Å². The highest BCUT2D eigenvalue weighted by Gasteiger charge is 2.22. The third kappa shape index (κ3) is 2.01. The van der Waals surface area contributed by atoms with Crippen LogP contribution in [-0.2, 0) is 20.0 Å². The molecule has 2 aromatic heterocycles. The van der Waals surface area contributed by atoms with E-state index in [0.717, 1.165) is 30.6 Å². The summed E-state index contributed by atoms with van der Waals surface area (Å²) in [5, 5.41) is 4.38. The summed E-state index contributed by atoms with van der Waals surface area (Å²) >= 11 is 0. The molecule has 2 heterocycles. The second-order valence-electron chi connectivity index (χ2n) is 5.42. The molecule has 0 aliphatic heterocycles. The lowest BCUT2D eigenvalue weighted by Gasteiger charge is -2.15. The molecule has 0 amide bonds. The molecule has 4 nitrogen and oxygen atoms in total. The van der Waals surface area contributed by atoms with Gasteiger partial charge in [-0.25, -0.2) is 0 Å². The van der Waals surface area contributed by atoms with Gasteiger partial charge in [-0.05, 0) is 32.8 Å². The number of aromatic nitrogens is 3. The molecule has 3 rings (SSSR count). The van der Waals surface area contributed by atoms with Gasteiger partial charge >= 0.3 is 0 Å². The van der Waals surface area contributed by atoms with Crippen LogP contribution in [0.25, 0.3) is 0 Å². The number of Topliss-reactive ketones (excluding diaryl/α,β-unsaturated/α-hetero) is 1. The lowest BCUT2D eigenvalue weighted by molar-refractivity contribution is 0.0972. The molecule has 19 heavy (non-hydrogen) atoms. The molecule has 0 bridgehead atoms. The van der Waals surface area contributed by atoms with Gasteiger partial charge in [0.2, 0.25) is 0 Å². The van der Waals surface area contributed by atoms with Gasteiger partial charge in [-0.15, -0.1) is 0 Å². The minimum absolute atomic E-state index is 0.297. The molecule has 0 fully saturated rings. The molecule has 0 spiro atoms. The van der Waals surface area contributed by atoms with Gasteiger partial charge in [-0.2, -0.15) is 5.10 Å². The molecular formula is C15H19N3O. The molecule has 0 radical (unpaired) electrons. The van der Waals surface area contributed by atoms with Crippen molar-refractivity contribution in [2.75, 3.05) is 0 Å². The number of rotatable bonds is 2. The lowest BCUT2D eigenvalue weighted by atomic mass is 9.96. The Kier molecular flexibility index (Phi) is 2.81. The van der Waals surface area contributed by atoms with E-state index in [0.29, 0.717) is 12.2 Å². The van der Waals surface area contributed by atoms with Crippen LogP contribution in [0.2, 0.25) is 0 Å². The quantitative estimate of drug-likeness (QED) is 0.828. The Morgan fingerprint density at radius 1 is 1.32 bits per heavy atom. The maximum Gasteiger partial charge on any atom is 0.164 e. The molecule has 100 valence electrons. The zero-order valence-corrected chi connectivity index (χ0v) is 11.7. The molecule has 0 unspecified atom stereocenters. The highest BCUT2D eigenvalue weighted by Crippen LogP contribution is 2.26. The Hall–Kier alpha value is -1.84. The van der Waals surface area contributed by atoms with Crippen molar-refractivity contribution in [1.29, 1.82) is 0 Å². The summed E-state index contributed by atoms with van der Waals surface area (Å²) in [6, 6.07) is 2.04. The van der Waals surface area contributed by atoms with Gasteiger partial charge in [-0.1, -0.05) is 0 Å². The Morgan fingerprint density at radius 2 is 2.11 bits per heavy atom. The fourth-order valence-corrected chi connectivity index (χ4v) is 2.98. The normalized spacial score (nSPS) is 14.8. The fraction of sp³-hybridized carbons (Fsp3) is 0.467. The zero-order valence-electron chi connectivity index (χ0n) is 11.7. The molecule has 0 saturated carbocycles. The van der Waals surface area contributed by atoms with Crippen LogP contribution in [0.1, 0.15) is 45.8 Å². The van der Waals surface area contributed by atoms with Crippen molar-refractivity contribution in [2.45, 2.75) is 39.7 Å². The van der Waals surface area contributed by atoms with Gasteiger partial charge in [0.1, 0.15) is 0 Å². The first-order valence-corrected chi connectivity index (χ1v) is 6.77. The summed E-state index contributed by atoms with van der Waals surface area (Å²) in [6.45, 7) is 4.93. The number of hydrogen-bond donors (Lipinski definition) is 0. The van der Waals surface area contributed by atoms with Crippen LogP contribution in [0, 0.1) is 13.8 Å². The third-order valence-corrected chi connectivity index (χ3v) is 3.98. The Labute approximate surface area is 113 Å². The van der Waals surface area contributed by atoms with Gasteiger partial charge in [0.15, 0.2) is 5.78 Å². The summed E-state index contributed by atoms with van der Waals surface area (Å²) in [5.41, 5.74) is 5.60. The van der Waals surface area contributed by atoms with E-state index in [-0.39, 0.29) is 0 Å². The fourth-order valence-electron chi connectivity index (χ4n) is 2.98. The second-order valence-corrected chi connectivity index (χ2v) is 5.42. The number of carbonyl (C=O) groups is 1. The first-order valence-electron chi connectivity index (χ1n) is 6.77. The second kappa shape index (κ2) is 4.37. The van der Waals surface area contributed by atoms with Gasteiger partial charge in [0.05, 0.1) is 12.2 Å². The average Bonchev–Trinajstić information content (AvgIpc) is 2.83. The predicted molar refractivity (Wildman–Crippen MR) is 73.5 cm³/mol. The number of ketones is 1. The number of hydrogen-bond acceptors (Lipinski definition) is 2. The summed E-state index contributed by atoms with van der Waals surface area (Å²) in [6.07, 6.45) is 4.74. The van der Waals surface area contributed by atoms with Crippen LogP contribution in [-0.4, -0.2) is 20.1 Å². The summed E-state index contributed by atoms with van der Waals surface area (Å²) in [4.78, 5) is 11.9. The number of fused-ring (bicyclic) bond motifs is 1.